The molecule has 0 aliphatic heterocycles. The first-order valence-corrected chi connectivity index (χ1v) is 10.6. The predicted octanol–water partition coefficient (Wildman–Crippen LogP) is 5.64. The molecule has 1 aliphatic rings. The molecule has 0 unspecified atom stereocenters. The van der Waals surface area contributed by atoms with E-state index in [9.17, 15) is 0 Å². The van der Waals surface area contributed by atoms with Crippen LogP contribution in [0.2, 0.25) is 19.1 Å². The van der Waals surface area contributed by atoms with Gasteiger partial charge in [0.2, 0.25) is 8.32 Å². The van der Waals surface area contributed by atoms with Gasteiger partial charge in [-0.25, -0.2) is 0 Å². The van der Waals surface area contributed by atoms with Crippen molar-refractivity contribution in [2.75, 3.05) is 0 Å². The van der Waals surface area contributed by atoms with Crippen molar-refractivity contribution >= 4 is 8.32 Å². The Labute approximate surface area is 109 Å². The molecule has 1 aliphatic carbocycles. The molecule has 0 spiro atoms. The van der Waals surface area contributed by atoms with Gasteiger partial charge in [-0.15, -0.1) is 0 Å². The summed E-state index contributed by atoms with van der Waals surface area (Å²) in [5.41, 5.74) is 0. The van der Waals surface area contributed by atoms with E-state index in [1.165, 1.54) is 69.6 Å². The maximum Gasteiger partial charge on any atom is 0.244 e. The third-order valence-corrected chi connectivity index (χ3v) is 5.91. The van der Waals surface area contributed by atoms with E-state index < -0.39 is 8.32 Å². The lowest BCUT2D eigenvalue weighted by molar-refractivity contribution is 0.384. The number of rotatable bonds is 5. The van der Waals surface area contributed by atoms with Gasteiger partial charge in [0.15, 0.2) is 0 Å². The second-order valence-corrected chi connectivity index (χ2v) is 10.2. The van der Waals surface area contributed by atoms with E-state index in [0.717, 1.165) is 0 Å². The van der Waals surface area contributed by atoms with Gasteiger partial charge in [0.1, 0.15) is 0 Å². The topological polar surface area (TPSA) is 9.23 Å². The highest BCUT2D eigenvalue weighted by atomic mass is 28.4. The zero-order valence-corrected chi connectivity index (χ0v) is 13.1. The van der Waals surface area contributed by atoms with E-state index in [-0.39, 0.29) is 0 Å². The zero-order chi connectivity index (χ0) is 12.6. The highest BCUT2D eigenvalue weighted by Crippen LogP contribution is 2.24. The first-order chi connectivity index (χ1) is 8.14. The summed E-state index contributed by atoms with van der Waals surface area (Å²) in [6, 6.07) is 1.31. The van der Waals surface area contributed by atoms with Crippen LogP contribution >= 0.6 is 0 Å². The molecule has 0 atom stereocenters. The molecule has 0 bridgehead atoms. The summed E-state index contributed by atoms with van der Waals surface area (Å²) in [5.74, 6) is 1.32. The second-order valence-electron chi connectivity index (χ2n) is 5.94. The quantitative estimate of drug-likeness (QED) is 0.577. The Hall–Kier alpha value is -0.243. The van der Waals surface area contributed by atoms with Gasteiger partial charge in [-0.3, -0.25) is 0 Å². The van der Waals surface area contributed by atoms with Crippen molar-refractivity contribution in [1.29, 1.82) is 0 Å². The Morgan fingerprint density at radius 1 is 1.12 bits per heavy atom. The summed E-state index contributed by atoms with van der Waals surface area (Å²) in [4.78, 5) is 0. The average Bonchev–Trinajstić information content (AvgIpc) is 2.40. The lowest BCUT2D eigenvalue weighted by Crippen LogP contribution is -2.29. The Morgan fingerprint density at radius 3 is 2.59 bits per heavy atom. The van der Waals surface area contributed by atoms with Gasteiger partial charge < -0.3 is 4.43 Å². The van der Waals surface area contributed by atoms with Crippen LogP contribution in [-0.4, -0.2) is 8.32 Å². The molecule has 0 aromatic carbocycles. The summed E-state index contributed by atoms with van der Waals surface area (Å²) in [7, 11) is -1.44. The molecule has 100 valence electrons. The van der Waals surface area contributed by atoms with Crippen molar-refractivity contribution < 1.29 is 4.43 Å². The van der Waals surface area contributed by atoms with Crippen molar-refractivity contribution in [2.45, 2.75) is 83.8 Å². The SMILES string of the molecule is CCCC[Si](C)(C)O/C1=C/CCCCCCC1. The zero-order valence-electron chi connectivity index (χ0n) is 12.1. The van der Waals surface area contributed by atoms with Gasteiger partial charge in [0, 0.05) is 6.42 Å². The minimum absolute atomic E-state index is 1.18. The van der Waals surface area contributed by atoms with Crippen LogP contribution in [0.1, 0.15) is 64.7 Å². The van der Waals surface area contributed by atoms with Gasteiger partial charge in [-0.05, 0) is 44.5 Å². The number of hydrogen-bond acceptors (Lipinski definition) is 1. The van der Waals surface area contributed by atoms with Gasteiger partial charge in [-0.2, -0.15) is 0 Å². The van der Waals surface area contributed by atoms with Crippen LogP contribution in [0, 0.1) is 0 Å². The minimum Gasteiger partial charge on any atom is -0.547 e. The summed E-state index contributed by atoms with van der Waals surface area (Å²) in [5, 5.41) is 0. The molecule has 0 aromatic heterocycles. The monoisotopic (exact) mass is 254 g/mol. The summed E-state index contributed by atoms with van der Waals surface area (Å²) < 4.78 is 6.37. The summed E-state index contributed by atoms with van der Waals surface area (Å²) in [6.45, 7) is 7.01. The van der Waals surface area contributed by atoms with Crippen LogP contribution in [0.4, 0.5) is 0 Å². The molecule has 17 heavy (non-hydrogen) atoms. The molecule has 0 saturated heterocycles. The van der Waals surface area contributed by atoms with Gasteiger partial charge in [-0.1, -0.05) is 39.0 Å². The van der Waals surface area contributed by atoms with Crippen molar-refractivity contribution in [3.63, 3.8) is 0 Å². The molecule has 0 aromatic rings. The molecule has 2 heteroatoms. The van der Waals surface area contributed by atoms with Crippen LogP contribution in [0.3, 0.4) is 0 Å². The lowest BCUT2D eigenvalue weighted by Gasteiger charge is -2.26. The molecule has 0 saturated carbocycles. The molecule has 0 amide bonds. The van der Waals surface area contributed by atoms with Crippen molar-refractivity contribution in [3.8, 4) is 0 Å². The van der Waals surface area contributed by atoms with Crippen LogP contribution in [0.25, 0.3) is 0 Å². The lowest BCUT2D eigenvalue weighted by atomic mass is 10.1. The van der Waals surface area contributed by atoms with Crippen molar-refractivity contribution in [2.24, 2.45) is 0 Å². The van der Waals surface area contributed by atoms with E-state index in [1.54, 1.807) is 0 Å². The second kappa shape index (κ2) is 7.96. The van der Waals surface area contributed by atoms with E-state index in [4.69, 9.17) is 4.43 Å². The molecular formula is C15H30OSi. The average molecular weight is 254 g/mol. The normalized spacial score (nSPS) is 21.9. The smallest absolute Gasteiger partial charge is 0.244 e. The first-order valence-electron chi connectivity index (χ1n) is 7.52. The van der Waals surface area contributed by atoms with Gasteiger partial charge in [0.05, 0.1) is 5.76 Å². The fourth-order valence-corrected chi connectivity index (χ4v) is 4.64. The van der Waals surface area contributed by atoms with Gasteiger partial charge >= 0.3 is 0 Å². The minimum atomic E-state index is -1.44. The maximum atomic E-state index is 6.37. The van der Waals surface area contributed by atoms with Crippen LogP contribution in [0.15, 0.2) is 11.8 Å². The third kappa shape index (κ3) is 6.92. The maximum absolute atomic E-state index is 6.37. The fraction of sp³-hybridized carbons (Fsp3) is 0.867. The fourth-order valence-electron chi connectivity index (χ4n) is 2.44. The van der Waals surface area contributed by atoms with Crippen LogP contribution < -0.4 is 0 Å². The first kappa shape index (κ1) is 14.8. The van der Waals surface area contributed by atoms with Crippen LogP contribution in [-0.2, 0) is 4.43 Å². The molecule has 1 rings (SSSR count). The predicted molar refractivity (Wildman–Crippen MR) is 78.7 cm³/mol. The highest BCUT2D eigenvalue weighted by molar-refractivity contribution is 6.71. The van der Waals surface area contributed by atoms with E-state index in [2.05, 4.69) is 26.1 Å². The number of unbranched alkanes of at least 4 members (excludes halogenated alkanes) is 1. The largest absolute Gasteiger partial charge is 0.547 e. The molecule has 0 N–H and O–H groups in total. The number of hydrogen-bond donors (Lipinski definition) is 0. The Morgan fingerprint density at radius 2 is 1.82 bits per heavy atom. The molecule has 1 nitrogen and oxygen atoms in total. The Bertz CT molecular complexity index is 233. The highest BCUT2D eigenvalue weighted by Gasteiger charge is 2.24. The Balaban J connectivity index is 2.45. The summed E-state index contributed by atoms with van der Waals surface area (Å²) >= 11 is 0. The summed E-state index contributed by atoms with van der Waals surface area (Å²) in [6.07, 6.45) is 14.3. The molecule has 0 radical (unpaired) electrons. The third-order valence-electron chi connectivity index (χ3n) is 3.54. The number of allylic oxidation sites excluding steroid dienone is 2. The van der Waals surface area contributed by atoms with Crippen molar-refractivity contribution in [3.05, 3.63) is 11.8 Å². The standard InChI is InChI=1S/C15H30OSi/c1-4-5-14-17(2,3)16-15-12-10-8-6-7-9-11-13-15/h12H,4-11,13-14H2,1-3H3/b15-12+. The van der Waals surface area contributed by atoms with Gasteiger partial charge in [0.25, 0.3) is 0 Å². The molecule has 0 heterocycles. The molecular weight excluding hydrogens is 224 g/mol. The van der Waals surface area contributed by atoms with Crippen molar-refractivity contribution in [1.82, 2.24) is 0 Å². The van der Waals surface area contributed by atoms with Crippen LogP contribution in [0.5, 0.6) is 0 Å². The van der Waals surface area contributed by atoms with E-state index >= 15 is 0 Å². The Kier molecular flexibility index (Phi) is 6.94. The van der Waals surface area contributed by atoms with E-state index in [0.29, 0.717) is 0 Å². The molecule has 0 fully saturated rings. The van der Waals surface area contributed by atoms with E-state index in [1.807, 2.05) is 0 Å².